The second-order valence-electron chi connectivity index (χ2n) is 6.47. The lowest BCUT2D eigenvalue weighted by molar-refractivity contribution is 0.306. The largest absolute Gasteiger partial charge is 0.489 e. The first-order valence-electron chi connectivity index (χ1n) is 9.38. The Labute approximate surface area is 151 Å². The summed E-state index contributed by atoms with van der Waals surface area (Å²) in [5.41, 5.74) is 3.43. The molecule has 0 saturated carbocycles. The molecule has 0 aromatic heterocycles. The molecule has 0 radical (unpaired) electrons. The maximum atomic E-state index is 13.5. The molecule has 0 bridgehead atoms. The van der Waals surface area contributed by atoms with E-state index in [2.05, 4.69) is 31.2 Å². The lowest BCUT2D eigenvalue weighted by atomic mass is 10.1. The third-order valence-electron chi connectivity index (χ3n) is 4.19. The van der Waals surface area contributed by atoms with Crippen LogP contribution in [0.2, 0.25) is 0 Å². The topological polar surface area (TPSA) is 9.23 Å². The Bertz CT molecular complexity index is 641. The fourth-order valence-corrected chi connectivity index (χ4v) is 2.70. The molecule has 0 amide bonds. The molecule has 134 valence electrons. The van der Waals surface area contributed by atoms with Crippen LogP contribution in [0, 0.1) is 0 Å². The Kier molecular flexibility index (Phi) is 8.24. The van der Waals surface area contributed by atoms with E-state index in [1.165, 1.54) is 24.8 Å². The van der Waals surface area contributed by atoms with Gasteiger partial charge in [0.2, 0.25) is 0 Å². The molecule has 0 spiro atoms. The maximum Gasteiger partial charge on any atom is 0.119 e. The fraction of sp³-hybridized carbons (Fsp3) is 0.391. The average molecular weight is 340 g/mol. The lowest BCUT2D eigenvalue weighted by Gasteiger charge is -2.08. The van der Waals surface area contributed by atoms with Crippen LogP contribution in [-0.4, -0.2) is 0 Å². The molecule has 0 aliphatic carbocycles. The molecule has 2 heteroatoms. The molecule has 2 rings (SSSR count). The standard InChI is InChI=1S/C23H29FO/c1-3-5-6-8-19-9-11-21(12-10-19)18-25-23-15-13-20(14-16-23)17-22(24)7-4-2/h9-17H,3-8,18H2,1-2H3/b22-17+. The van der Waals surface area contributed by atoms with E-state index < -0.39 is 0 Å². The predicted molar refractivity (Wildman–Crippen MR) is 104 cm³/mol. The van der Waals surface area contributed by atoms with Crippen molar-refractivity contribution in [3.8, 4) is 5.75 Å². The molecule has 0 atom stereocenters. The quantitative estimate of drug-likeness (QED) is 0.419. The summed E-state index contributed by atoms with van der Waals surface area (Å²) in [6, 6.07) is 16.2. The summed E-state index contributed by atoms with van der Waals surface area (Å²) in [7, 11) is 0. The van der Waals surface area contributed by atoms with E-state index in [9.17, 15) is 4.39 Å². The van der Waals surface area contributed by atoms with E-state index >= 15 is 0 Å². The Morgan fingerprint density at radius 2 is 1.56 bits per heavy atom. The van der Waals surface area contributed by atoms with Crippen LogP contribution in [0.5, 0.6) is 5.75 Å². The van der Waals surface area contributed by atoms with Crippen LogP contribution in [0.15, 0.2) is 54.4 Å². The van der Waals surface area contributed by atoms with Crippen LogP contribution in [-0.2, 0) is 13.0 Å². The number of halogens is 1. The van der Waals surface area contributed by atoms with Gasteiger partial charge in [0.25, 0.3) is 0 Å². The summed E-state index contributed by atoms with van der Waals surface area (Å²) in [6.45, 7) is 4.75. The minimum atomic E-state index is -0.0739. The second-order valence-corrected chi connectivity index (χ2v) is 6.47. The van der Waals surface area contributed by atoms with E-state index in [0.29, 0.717) is 13.0 Å². The van der Waals surface area contributed by atoms with Crippen LogP contribution in [0.1, 0.15) is 62.6 Å². The molecule has 0 aliphatic heterocycles. The van der Waals surface area contributed by atoms with Gasteiger partial charge in [-0.2, -0.15) is 0 Å². The third-order valence-corrected chi connectivity index (χ3v) is 4.19. The van der Waals surface area contributed by atoms with Crippen LogP contribution < -0.4 is 4.74 Å². The number of hydrogen-bond donors (Lipinski definition) is 0. The van der Waals surface area contributed by atoms with E-state index in [1.807, 2.05) is 31.2 Å². The van der Waals surface area contributed by atoms with Crippen molar-refractivity contribution in [3.63, 3.8) is 0 Å². The van der Waals surface area contributed by atoms with Gasteiger partial charge < -0.3 is 4.74 Å². The van der Waals surface area contributed by atoms with Gasteiger partial charge in [-0.3, -0.25) is 0 Å². The molecular weight excluding hydrogens is 311 g/mol. The van der Waals surface area contributed by atoms with Crippen LogP contribution in [0.3, 0.4) is 0 Å². The summed E-state index contributed by atoms with van der Waals surface area (Å²) < 4.78 is 19.3. The van der Waals surface area contributed by atoms with Gasteiger partial charge in [-0.1, -0.05) is 63.1 Å². The average Bonchev–Trinajstić information content (AvgIpc) is 2.63. The van der Waals surface area contributed by atoms with Crippen molar-refractivity contribution in [1.82, 2.24) is 0 Å². The molecule has 2 aromatic rings. The van der Waals surface area contributed by atoms with Gasteiger partial charge in [0, 0.05) is 0 Å². The van der Waals surface area contributed by atoms with Crippen molar-refractivity contribution in [2.75, 3.05) is 0 Å². The number of unbranched alkanes of at least 4 members (excludes halogenated alkanes) is 2. The molecule has 0 unspecified atom stereocenters. The minimum Gasteiger partial charge on any atom is -0.489 e. The third kappa shape index (κ3) is 7.13. The number of aryl methyl sites for hydroxylation is 1. The Morgan fingerprint density at radius 3 is 2.20 bits per heavy atom. The lowest BCUT2D eigenvalue weighted by Crippen LogP contribution is -1.96. The monoisotopic (exact) mass is 340 g/mol. The predicted octanol–water partition coefficient (Wildman–Crippen LogP) is 7.11. The van der Waals surface area contributed by atoms with E-state index in [0.717, 1.165) is 29.7 Å². The van der Waals surface area contributed by atoms with Crippen molar-refractivity contribution in [2.24, 2.45) is 0 Å². The molecular formula is C23H29FO. The van der Waals surface area contributed by atoms with Gasteiger partial charge in [-0.25, -0.2) is 4.39 Å². The SMILES string of the molecule is CCCCCc1ccc(COc2ccc(/C=C(/F)CCC)cc2)cc1. The summed E-state index contributed by atoms with van der Waals surface area (Å²) in [5.74, 6) is 0.732. The number of hydrogen-bond acceptors (Lipinski definition) is 1. The Hall–Kier alpha value is -2.09. The summed E-state index contributed by atoms with van der Waals surface area (Å²) in [5, 5.41) is 0. The highest BCUT2D eigenvalue weighted by molar-refractivity contribution is 5.52. The van der Waals surface area contributed by atoms with Crippen molar-refractivity contribution in [2.45, 2.75) is 59.0 Å². The van der Waals surface area contributed by atoms with E-state index in [1.54, 1.807) is 6.08 Å². The van der Waals surface area contributed by atoms with Gasteiger partial charge in [0.15, 0.2) is 0 Å². The highest BCUT2D eigenvalue weighted by Gasteiger charge is 1.99. The van der Waals surface area contributed by atoms with Gasteiger partial charge in [0.1, 0.15) is 18.2 Å². The molecule has 0 heterocycles. The Balaban J connectivity index is 1.83. The van der Waals surface area contributed by atoms with Gasteiger partial charge in [-0.15, -0.1) is 0 Å². The summed E-state index contributed by atoms with van der Waals surface area (Å²) in [4.78, 5) is 0. The van der Waals surface area contributed by atoms with Gasteiger partial charge in [0.05, 0.1) is 0 Å². The number of rotatable bonds is 10. The molecule has 0 aliphatic rings. The van der Waals surface area contributed by atoms with Crippen LogP contribution in [0.25, 0.3) is 6.08 Å². The van der Waals surface area contributed by atoms with Crippen LogP contribution >= 0.6 is 0 Å². The van der Waals surface area contributed by atoms with Crippen molar-refractivity contribution in [3.05, 3.63) is 71.0 Å². The zero-order chi connectivity index (χ0) is 17.9. The maximum absolute atomic E-state index is 13.5. The highest BCUT2D eigenvalue weighted by Crippen LogP contribution is 2.18. The first-order chi connectivity index (χ1) is 12.2. The second kappa shape index (κ2) is 10.7. The molecule has 25 heavy (non-hydrogen) atoms. The Morgan fingerprint density at radius 1 is 0.880 bits per heavy atom. The normalized spacial score (nSPS) is 11.6. The first kappa shape index (κ1) is 19.2. The molecule has 1 nitrogen and oxygen atoms in total. The first-order valence-corrected chi connectivity index (χ1v) is 9.38. The van der Waals surface area contributed by atoms with Crippen molar-refractivity contribution >= 4 is 6.08 Å². The fourth-order valence-electron chi connectivity index (χ4n) is 2.70. The minimum absolute atomic E-state index is 0.0739. The van der Waals surface area contributed by atoms with E-state index in [-0.39, 0.29) is 5.83 Å². The summed E-state index contributed by atoms with van der Waals surface area (Å²) >= 11 is 0. The number of ether oxygens (including phenoxy) is 1. The van der Waals surface area contributed by atoms with Crippen molar-refractivity contribution in [1.29, 1.82) is 0 Å². The number of allylic oxidation sites excluding steroid dienone is 1. The zero-order valence-corrected chi connectivity index (χ0v) is 15.4. The zero-order valence-electron chi connectivity index (χ0n) is 15.4. The molecule has 0 saturated heterocycles. The smallest absolute Gasteiger partial charge is 0.119 e. The van der Waals surface area contributed by atoms with Crippen LogP contribution in [0.4, 0.5) is 4.39 Å². The molecule has 0 N–H and O–H groups in total. The van der Waals surface area contributed by atoms with Gasteiger partial charge >= 0.3 is 0 Å². The summed E-state index contributed by atoms with van der Waals surface area (Å²) in [6.07, 6.45) is 7.85. The molecule has 0 fully saturated rings. The van der Waals surface area contributed by atoms with Gasteiger partial charge in [-0.05, 0) is 60.6 Å². The number of benzene rings is 2. The van der Waals surface area contributed by atoms with E-state index in [4.69, 9.17) is 4.74 Å². The molecule has 2 aromatic carbocycles. The van der Waals surface area contributed by atoms with Crippen molar-refractivity contribution < 1.29 is 9.13 Å². The highest BCUT2D eigenvalue weighted by atomic mass is 19.1.